The maximum absolute atomic E-state index is 12.9. The van der Waals surface area contributed by atoms with Crippen LogP contribution in [-0.4, -0.2) is 47.1 Å². The first-order chi connectivity index (χ1) is 12.2. The predicted octanol–water partition coefficient (Wildman–Crippen LogP) is 2.58. The zero-order chi connectivity index (χ0) is 17.2. The number of aryl methyl sites for hydroxylation is 1. The standard InChI is InChI=1S/C19H21N3O3/c1-13-10-20-11-16(21-13)15-3-2-6-22(12-15)19(23)14-4-5-17-18(9-14)25-8-7-24-17/h4-5,9-11,15H,2-3,6-8,12H2,1H3/t15-/m1/s1. The Kier molecular flexibility index (Phi) is 4.26. The summed E-state index contributed by atoms with van der Waals surface area (Å²) >= 11 is 0. The third-order valence-electron chi connectivity index (χ3n) is 4.69. The summed E-state index contributed by atoms with van der Waals surface area (Å²) in [5.41, 5.74) is 2.52. The van der Waals surface area contributed by atoms with Crippen LogP contribution in [0.2, 0.25) is 0 Å². The molecule has 4 rings (SSSR count). The fourth-order valence-corrected chi connectivity index (χ4v) is 3.44. The van der Waals surface area contributed by atoms with E-state index >= 15 is 0 Å². The molecule has 1 atom stereocenters. The first-order valence-electron chi connectivity index (χ1n) is 8.68. The highest BCUT2D eigenvalue weighted by atomic mass is 16.6. The number of hydrogen-bond donors (Lipinski definition) is 0. The summed E-state index contributed by atoms with van der Waals surface area (Å²) < 4.78 is 11.1. The van der Waals surface area contributed by atoms with Crippen LogP contribution in [0.25, 0.3) is 0 Å². The number of aromatic nitrogens is 2. The molecular formula is C19H21N3O3. The summed E-state index contributed by atoms with van der Waals surface area (Å²) in [5, 5.41) is 0. The van der Waals surface area contributed by atoms with Gasteiger partial charge in [-0.2, -0.15) is 0 Å². The Hall–Kier alpha value is -2.63. The van der Waals surface area contributed by atoms with Crippen LogP contribution in [0.3, 0.4) is 0 Å². The van der Waals surface area contributed by atoms with Gasteiger partial charge >= 0.3 is 0 Å². The lowest BCUT2D eigenvalue weighted by atomic mass is 9.94. The van der Waals surface area contributed by atoms with Crippen molar-refractivity contribution in [3.63, 3.8) is 0 Å². The second-order valence-corrected chi connectivity index (χ2v) is 6.53. The minimum absolute atomic E-state index is 0.0299. The Balaban J connectivity index is 1.52. The SMILES string of the molecule is Cc1cncc([C@@H]2CCCN(C(=O)c3ccc4c(c3)OCCO4)C2)n1. The monoisotopic (exact) mass is 339 g/mol. The molecule has 1 aromatic carbocycles. The average molecular weight is 339 g/mol. The van der Waals surface area contributed by atoms with Crippen molar-refractivity contribution in [3.8, 4) is 11.5 Å². The summed E-state index contributed by atoms with van der Waals surface area (Å²) in [6, 6.07) is 5.41. The molecule has 2 aliphatic heterocycles. The van der Waals surface area contributed by atoms with E-state index in [-0.39, 0.29) is 11.8 Å². The smallest absolute Gasteiger partial charge is 0.254 e. The van der Waals surface area contributed by atoms with Crippen LogP contribution in [-0.2, 0) is 0 Å². The van der Waals surface area contributed by atoms with Crippen LogP contribution in [0.1, 0.15) is 40.5 Å². The molecule has 6 nitrogen and oxygen atoms in total. The van der Waals surface area contributed by atoms with E-state index < -0.39 is 0 Å². The van der Waals surface area contributed by atoms with Gasteiger partial charge in [0.05, 0.1) is 11.4 Å². The Bertz CT molecular complexity index is 793. The number of likely N-dealkylation sites (tertiary alicyclic amines) is 1. The predicted molar refractivity (Wildman–Crippen MR) is 92.1 cm³/mol. The van der Waals surface area contributed by atoms with E-state index in [9.17, 15) is 4.79 Å². The Morgan fingerprint density at radius 3 is 2.88 bits per heavy atom. The number of hydrogen-bond acceptors (Lipinski definition) is 5. The van der Waals surface area contributed by atoms with Crippen LogP contribution in [0.5, 0.6) is 11.5 Å². The fraction of sp³-hybridized carbons (Fsp3) is 0.421. The topological polar surface area (TPSA) is 64.6 Å². The van der Waals surface area contributed by atoms with Crippen LogP contribution in [0.4, 0.5) is 0 Å². The molecule has 25 heavy (non-hydrogen) atoms. The number of benzene rings is 1. The molecule has 1 amide bonds. The van der Waals surface area contributed by atoms with Crippen molar-refractivity contribution in [1.82, 2.24) is 14.9 Å². The summed E-state index contributed by atoms with van der Waals surface area (Å²) in [6.07, 6.45) is 5.57. The van der Waals surface area contributed by atoms with Gasteiger partial charge in [-0.25, -0.2) is 0 Å². The van der Waals surface area contributed by atoms with Crippen molar-refractivity contribution in [2.75, 3.05) is 26.3 Å². The Morgan fingerprint density at radius 2 is 2.04 bits per heavy atom. The van der Waals surface area contributed by atoms with E-state index in [4.69, 9.17) is 9.47 Å². The van der Waals surface area contributed by atoms with Crippen molar-refractivity contribution < 1.29 is 14.3 Å². The van der Waals surface area contributed by atoms with E-state index in [1.807, 2.05) is 30.2 Å². The van der Waals surface area contributed by atoms with Crippen molar-refractivity contribution >= 4 is 5.91 Å². The highest BCUT2D eigenvalue weighted by molar-refractivity contribution is 5.95. The Labute approximate surface area is 146 Å². The van der Waals surface area contributed by atoms with Crippen LogP contribution < -0.4 is 9.47 Å². The lowest BCUT2D eigenvalue weighted by Gasteiger charge is -2.32. The molecule has 0 N–H and O–H groups in total. The Morgan fingerprint density at radius 1 is 1.20 bits per heavy atom. The molecule has 1 fully saturated rings. The summed E-state index contributed by atoms with van der Waals surface area (Å²) in [4.78, 5) is 23.7. The van der Waals surface area contributed by atoms with E-state index in [1.165, 1.54) is 0 Å². The molecule has 0 saturated carbocycles. The summed E-state index contributed by atoms with van der Waals surface area (Å²) in [6.45, 7) is 4.44. The number of fused-ring (bicyclic) bond motifs is 1. The average Bonchev–Trinajstić information content (AvgIpc) is 2.67. The number of carbonyl (C=O) groups excluding carboxylic acids is 1. The van der Waals surface area contributed by atoms with Gasteiger partial charge in [0.25, 0.3) is 5.91 Å². The van der Waals surface area contributed by atoms with Crippen LogP contribution in [0, 0.1) is 6.92 Å². The van der Waals surface area contributed by atoms with E-state index in [0.717, 1.165) is 30.8 Å². The largest absolute Gasteiger partial charge is 0.486 e. The second-order valence-electron chi connectivity index (χ2n) is 6.53. The van der Waals surface area contributed by atoms with Crippen molar-refractivity contribution in [1.29, 1.82) is 0 Å². The maximum atomic E-state index is 12.9. The van der Waals surface area contributed by atoms with Gasteiger partial charge in [-0.05, 0) is 38.0 Å². The number of nitrogens with zero attached hydrogens (tertiary/aromatic N) is 3. The van der Waals surface area contributed by atoms with Crippen LogP contribution >= 0.6 is 0 Å². The lowest BCUT2D eigenvalue weighted by Crippen LogP contribution is -2.39. The van der Waals surface area contributed by atoms with Gasteiger partial charge in [-0.1, -0.05) is 0 Å². The van der Waals surface area contributed by atoms with Gasteiger partial charge < -0.3 is 14.4 Å². The molecule has 3 heterocycles. The third kappa shape index (κ3) is 3.29. The second kappa shape index (κ2) is 6.70. The molecule has 1 saturated heterocycles. The van der Waals surface area contributed by atoms with Gasteiger partial charge in [-0.3, -0.25) is 14.8 Å². The molecule has 0 spiro atoms. The van der Waals surface area contributed by atoms with Gasteiger partial charge in [0.15, 0.2) is 11.5 Å². The molecule has 6 heteroatoms. The van der Waals surface area contributed by atoms with Gasteiger partial charge in [0.1, 0.15) is 13.2 Å². The first kappa shape index (κ1) is 15.9. The zero-order valence-electron chi connectivity index (χ0n) is 14.3. The van der Waals surface area contributed by atoms with Gasteiger partial charge in [0.2, 0.25) is 0 Å². The molecule has 0 aliphatic carbocycles. The molecule has 0 unspecified atom stereocenters. The van der Waals surface area contributed by atoms with E-state index in [0.29, 0.717) is 36.8 Å². The molecule has 0 radical (unpaired) electrons. The van der Waals surface area contributed by atoms with E-state index in [2.05, 4.69) is 9.97 Å². The number of carbonyl (C=O) groups is 1. The number of ether oxygens (including phenoxy) is 2. The zero-order valence-corrected chi connectivity index (χ0v) is 14.3. The maximum Gasteiger partial charge on any atom is 0.254 e. The van der Waals surface area contributed by atoms with Crippen molar-refractivity contribution in [3.05, 3.63) is 47.5 Å². The van der Waals surface area contributed by atoms with Crippen LogP contribution in [0.15, 0.2) is 30.6 Å². The number of rotatable bonds is 2. The molecular weight excluding hydrogens is 318 g/mol. The lowest BCUT2D eigenvalue weighted by molar-refractivity contribution is 0.0704. The minimum Gasteiger partial charge on any atom is -0.486 e. The minimum atomic E-state index is 0.0299. The van der Waals surface area contributed by atoms with E-state index in [1.54, 1.807) is 12.3 Å². The third-order valence-corrected chi connectivity index (χ3v) is 4.69. The molecule has 2 aromatic rings. The highest BCUT2D eigenvalue weighted by Crippen LogP contribution is 2.32. The molecule has 2 aliphatic rings. The normalized spacial score (nSPS) is 19.6. The summed E-state index contributed by atoms with van der Waals surface area (Å²) in [7, 11) is 0. The van der Waals surface area contributed by atoms with Crippen molar-refractivity contribution in [2.45, 2.75) is 25.7 Å². The number of piperidine rings is 1. The highest BCUT2D eigenvalue weighted by Gasteiger charge is 2.27. The number of amides is 1. The fourth-order valence-electron chi connectivity index (χ4n) is 3.44. The van der Waals surface area contributed by atoms with Gasteiger partial charge in [-0.15, -0.1) is 0 Å². The first-order valence-corrected chi connectivity index (χ1v) is 8.68. The molecule has 0 bridgehead atoms. The van der Waals surface area contributed by atoms with Crippen molar-refractivity contribution in [2.24, 2.45) is 0 Å². The van der Waals surface area contributed by atoms with Gasteiger partial charge in [0, 0.05) is 37.0 Å². The quantitative estimate of drug-likeness (QED) is 0.841. The molecule has 1 aromatic heterocycles. The molecule has 130 valence electrons. The summed E-state index contributed by atoms with van der Waals surface area (Å²) in [5.74, 6) is 1.62.